The number of aliphatic hydroxyl groups is 1. The van der Waals surface area contributed by atoms with Crippen molar-refractivity contribution >= 4 is 5.91 Å². The van der Waals surface area contributed by atoms with Crippen molar-refractivity contribution in [3.8, 4) is 5.75 Å². The lowest BCUT2D eigenvalue weighted by molar-refractivity contribution is -0.122. The molecule has 1 saturated heterocycles. The number of benzene rings is 2. The molecule has 2 heterocycles. The van der Waals surface area contributed by atoms with E-state index in [1.165, 1.54) is 36.1 Å². The Labute approximate surface area is 207 Å². The highest BCUT2D eigenvalue weighted by Crippen LogP contribution is 2.32. The number of rotatable bonds is 8. The predicted octanol–water partition coefficient (Wildman–Crippen LogP) is 3.13. The van der Waals surface area contributed by atoms with Crippen LogP contribution in [0.3, 0.4) is 0 Å². The fourth-order valence-electron chi connectivity index (χ4n) is 5.96. The zero-order valence-corrected chi connectivity index (χ0v) is 20.2. The van der Waals surface area contributed by atoms with Gasteiger partial charge >= 0.3 is 0 Å². The van der Waals surface area contributed by atoms with Crippen LogP contribution in [-0.4, -0.2) is 71.3 Å². The summed E-state index contributed by atoms with van der Waals surface area (Å²) >= 11 is 0. The van der Waals surface area contributed by atoms with Crippen molar-refractivity contribution < 1.29 is 19.0 Å². The topological polar surface area (TPSA) is 65.0 Å². The molecule has 0 radical (unpaired) electrons. The van der Waals surface area contributed by atoms with E-state index in [1.807, 2.05) is 6.07 Å². The number of nitrogens with zero attached hydrogens (tertiary/aromatic N) is 2. The fourth-order valence-corrected chi connectivity index (χ4v) is 5.96. The van der Waals surface area contributed by atoms with Crippen molar-refractivity contribution in [3.05, 3.63) is 65.5 Å². The number of hydrogen-bond acceptors (Lipinski definition) is 5. The Hall–Kier alpha value is -2.48. The minimum absolute atomic E-state index is 0.0233. The van der Waals surface area contributed by atoms with Crippen LogP contribution in [0.4, 0.5) is 4.39 Å². The minimum atomic E-state index is -0.793. The smallest absolute Gasteiger partial charge is 0.220 e. The van der Waals surface area contributed by atoms with Crippen molar-refractivity contribution in [3.63, 3.8) is 0 Å². The first-order chi connectivity index (χ1) is 17.1. The molecular formula is C28H36FN3O3. The van der Waals surface area contributed by atoms with Gasteiger partial charge in [-0.2, -0.15) is 0 Å². The van der Waals surface area contributed by atoms with E-state index in [0.29, 0.717) is 18.6 Å². The van der Waals surface area contributed by atoms with Gasteiger partial charge in [-0.25, -0.2) is 4.39 Å². The zero-order chi connectivity index (χ0) is 24.2. The largest absolute Gasteiger partial charge is 0.487 e. The molecule has 2 fully saturated rings. The van der Waals surface area contributed by atoms with Gasteiger partial charge in [0.25, 0.3) is 0 Å². The normalized spacial score (nSPS) is 27.0. The van der Waals surface area contributed by atoms with Gasteiger partial charge in [0, 0.05) is 32.0 Å². The Morgan fingerprint density at radius 1 is 1.09 bits per heavy atom. The van der Waals surface area contributed by atoms with Crippen molar-refractivity contribution in [1.29, 1.82) is 0 Å². The lowest BCUT2D eigenvalue weighted by atomic mass is 9.97. The highest BCUT2D eigenvalue weighted by atomic mass is 19.1. The Morgan fingerprint density at radius 2 is 1.89 bits per heavy atom. The van der Waals surface area contributed by atoms with Crippen molar-refractivity contribution in [1.82, 2.24) is 15.1 Å². The number of carbonyl (C=O) groups excluding carboxylic acids is 1. The predicted molar refractivity (Wildman–Crippen MR) is 133 cm³/mol. The number of fused-ring (bicyclic) bond motifs is 1. The summed E-state index contributed by atoms with van der Waals surface area (Å²) in [6.07, 6.45) is 3.90. The van der Waals surface area contributed by atoms with Crippen LogP contribution in [0, 0.1) is 5.82 Å². The molecule has 2 N–H and O–H groups in total. The quantitative estimate of drug-likeness (QED) is 0.607. The molecule has 0 aromatic heterocycles. The molecule has 3 aliphatic rings. The van der Waals surface area contributed by atoms with Gasteiger partial charge in [-0.1, -0.05) is 30.3 Å². The first-order valence-corrected chi connectivity index (χ1v) is 13.0. The van der Waals surface area contributed by atoms with E-state index in [0.717, 1.165) is 45.6 Å². The minimum Gasteiger partial charge on any atom is -0.487 e. The summed E-state index contributed by atoms with van der Waals surface area (Å²) in [4.78, 5) is 17.6. The number of likely N-dealkylation sites (tertiary alicyclic amines) is 1. The number of amides is 1. The van der Waals surface area contributed by atoms with Gasteiger partial charge in [0.1, 0.15) is 23.8 Å². The van der Waals surface area contributed by atoms with Gasteiger partial charge in [0.2, 0.25) is 5.91 Å². The molecule has 0 spiro atoms. The summed E-state index contributed by atoms with van der Waals surface area (Å²) in [5.41, 5.74) is 2.60. The molecule has 1 amide bonds. The lowest BCUT2D eigenvalue weighted by Crippen LogP contribution is -2.54. The van der Waals surface area contributed by atoms with Gasteiger partial charge in [-0.05, 0) is 68.6 Å². The summed E-state index contributed by atoms with van der Waals surface area (Å²) in [7, 11) is 0. The van der Waals surface area contributed by atoms with Gasteiger partial charge < -0.3 is 20.1 Å². The molecular weight excluding hydrogens is 445 g/mol. The van der Waals surface area contributed by atoms with Crippen LogP contribution in [0.25, 0.3) is 0 Å². The molecule has 35 heavy (non-hydrogen) atoms. The summed E-state index contributed by atoms with van der Waals surface area (Å²) in [6.45, 7) is 4.76. The molecule has 2 aromatic rings. The van der Waals surface area contributed by atoms with E-state index in [9.17, 15) is 14.3 Å². The van der Waals surface area contributed by atoms with Gasteiger partial charge in [0.05, 0.1) is 12.1 Å². The Balaban J connectivity index is 1.27. The zero-order valence-electron chi connectivity index (χ0n) is 20.2. The number of nitrogens with one attached hydrogen (secondary N) is 1. The molecule has 1 saturated carbocycles. The molecule has 2 aliphatic heterocycles. The summed E-state index contributed by atoms with van der Waals surface area (Å²) in [5.74, 6) is 0.0478. The Bertz CT molecular complexity index is 1010. The molecule has 7 heteroatoms. The molecule has 2 aromatic carbocycles. The van der Waals surface area contributed by atoms with Crippen molar-refractivity contribution in [2.24, 2.45) is 0 Å². The maximum atomic E-state index is 13.7. The number of halogens is 1. The maximum absolute atomic E-state index is 13.7. The monoisotopic (exact) mass is 481 g/mol. The third kappa shape index (κ3) is 5.85. The van der Waals surface area contributed by atoms with Crippen LogP contribution in [0.2, 0.25) is 0 Å². The highest BCUT2D eigenvalue weighted by molar-refractivity contribution is 5.76. The van der Waals surface area contributed by atoms with Crippen LogP contribution in [0.5, 0.6) is 5.75 Å². The SMILES string of the molecule is O=C(CCCN1CCCC1)N[C@@H]1C[C@@H](Oc2cccc(F)c2)[C@H](O)[C@H]1N1CCc2ccccc2C1. The third-order valence-corrected chi connectivity index (χ3v) is 7.72. The van der Waals surface area contributed by atoms with Crippen molar-refractivity contribution in [2.45, 2.75) is 69.4 Å². The summed E-state index contributed by atoms with van der Waals surface area (Å²) in [6, 6.07) is 13.9. The maximum Gasteiger partial charge on any atom is 0.220 e. The van der Waals surface area contributed by atoms with Crippen LogP contribution >= 0.6 is 0 Å². The first kappa shape index (κ1) is 24.2. The fraction of sp³-hybridized carbons (Fsp3) is 0.536. The second kappa shape index (κ2) is 11.1. The molecule has 4 atom stereocenters. The number of ether oxygens (including phenoxy) is 1. The number of carbonyl (C=O) groups is 1. The van der Waals surface area contributed by atoms with E-state index in [-0.39, 0.29) is 23.8 Å². The molecule has 188 valence electrons. The average Bonchev–Trinajstić information content (AvgIpc) is 3.47. The van der Waals surface area contributed by atoms with Gasteiger partial charge in [-0.15, -0.1) is 0 Å². The van der Waals surface area contributed by atoms with E-state index in [4.69, 9.17) is 4.74 Å². The van der Waals surface area contributed by atoms with E-state index >= 15 is 0 Å². The third-order valence-electron chi connectivity index (χ3n) is 7.72. The molecule has 5 rings (SSSR count). The second-order valence-corrected chi connectivity index (χ2v) is 10.1. The van der Waals surface area contributed by atoms with Crippen LogP contribution < -0.4 is 10.1 Å². The molecule has 6 nitrogen and oxygen atoms in total. The van der Waals surface area contributed by atoms with Gasteiger partial charge in [-0.3, -0.25) is 9.69 Å². The second-order valence-electron chi connectivity index (χ2n) is 10.1. The number of aliphatic hydroxyl groups excluding tert-OH is 1. The molecule has 1 aliphatic carbocycles. The van der Waals surface area contributed by atoms with Crippen LogP contribution in [0.15, 0.2) is 48.5 Å². The van der Waals surface area contributed by atoms with Crippen LogP contribution in [-0.2, 0) is 17.8 Å². The Kier molecular flexibility index (Phi) is 7.66. The summed E-state index contributed by atoms with van der Waals surface area (Å²) in [5, 5.41) is 14.6. The van der Waals surface area contributed by atoms with E-state index in [1.54, 1.807) is 12.1 Å². The van der Waals surface area contributed by atoms with Gasteiger partial charge in [0.15, 0.2) is 0 Å². The average molecular weight is 482 g/mol. The lowest BCUT2D eigenvalue weighted by Gasteiger charge is -2.38. The van der Waals surface area contributed by atoms with Crippen LogP contribution in [0.1, 0.15) is 43.2 Å². The Morgan fingerprint density at radius 3 is 2.69 bits per heavy atom. The molecule has 0 unspecified atom stereocenters. The summed E-state index contributed by atoms with van der Waals surface area (Å²) < 4.78 is 19.8. The first-order valence-electron chi connectivity index (χ1n) is 13.0. The van der Waals surface area contributed by atoms with Crippen molar-refractivity contribution in [2.75, 3.05) is 26.2 Å². The standard InChI is InChI=1S/C28H36FN3O3/c29-22-9-5-10-23(17-22)35-25-18-24(30-26(33)11-6-15-31-13-3-4-14-31)27(28(25)34)32-16-12-20-7-1-2-8-21(20)19-32/h1-2,5,7-10,17,24-25,27-28,34H,3-4,6,11-16,18-19H2,(H,30,33)/t24-,25-,27+,28+/m1/s1. The number of hydrogen-bond donors (Lipinski definition) is 2. The van der Waals surface area contributed by atoms with E-state index < -0.39 is 12.2 Å². The highest BCUT2D eigenvalue weighted by Gasteiger charge is 2.47. The van der Waals surface area contributed by atoms with E-state index in [2.05, 4.69) is 33.3 Å². The molecule has 0 bridgehead atoms.